The molecule has 1 atom stereocenters. The number of carbonyl (C=O) groups is 2. The Balaban J connectivity index is 2.07. The van der Waals surface area contributed by atoms with E-state index in [1.165, 1.54) is 4.90 Å². The molecule has 2 fully saturated rings. The van der Waals surface area contributed by atoms with Crippen LogP contribution in [0.3, 0.4) is 0 Å². The van der Waals surface area contributed by atoms with Crippen molar-refractivity contribution in [2.45, 2.75) is 50.6 Å². The lowest BCUT2D eigenvalue weighted by molar-refractivity contribution is -0.141. The number of likely N-dealkylation sites (tertiary alicyclic amines) is 1. The Morgan fingerprint density at radius 2 is 1.84 bits per heavy atom. The molecule has 0 bridgehead atoms. The lowest BCUT2D eigenvalue weighted by Crippen LogP contribution is -2.51. The molecule has 1 saturated carbocycles. The molecular formula is C13H22N2O4. The molecule has 0 spiro atoms. The van der Waals surface area contributed by atoms with Crippen LogP contribution in [0, 0.1) is 0 Å². The fourth-order valence-corrected chi connectivity index (χ4v) is 3.18. The number of amides is 2. The predicted molar refractivity (Wildman–Crippen MR) is 68.8 cm³/mol. The van der Waals surface area contributed by atoms with Crippen LogP contribution in [-0.2, 0) is 4.79 Å². The van der Waals surface area contributed by atoms with Gasteiger partial charge in [-0.15, -0.1) is 0 Å². The fourth-order valence-electron chi connectivity index (χ4n) is 3.18. The maximum Gasteiger partial charge on any atom is 0.326 e. The minimum Gasteiger partial charge on any atom is -0.480 e. The number of carboxylic acid groups (broad SMARTS) is 1. The van der Waals surface area contributed by atoms with Crippen LogP contribution < -0.4 is 0 Å². The number of carbonyl (C=O) groups excluding carboxylic acids is 1. The van der Waals surface area contributed by atoms with Crippen molar-refractivity contribution in [3.63, 3.8) is 0 Å². The van der Waals surface area contributed by atoms with Gasteiger partial charge in [0, 0.05) is 19.1 Å². The molecule has 0 aromatic rings. The lowest BCUT2D eigenvalue weighted by atomic mass is 10.2. The van der Waals surface area contributed by atoms with Crippen LogP contribution in [0.2, 0.25) is 0 Å². The zero-order valence-electron chi connectivity index (χ0n) is 11.1. The van der Waals surface area contributed by atoms with Crippen molar-refractivity contribution < 1.29 is 19.8 Å². The third kappa shape index (κ3) is 3.00. The Bertz CT molecular complexity index is 342. The van der Waals surface area contributed by atoms with E-state index < -0.39 is 12.0 Å². The van der Waals surface area contributed by atoms with Gasteiger partial charge in [-0.3, -0.25) is 0 Å². The lowest BCUT2D eigenvalue weighted by Gasteiger charge is -2.34. The molecule has 6 nitrogen and oxygen atoms in total. The van der Waals surface area contributed by atoms with E-state index in [1.807, 2.05) is 0 Å². The standard InChI is InChI=1S/C13H22N2O4/c16-9-8-14(10-4-1-2-5-10)13(19)15-7-3-6-11(15)12(17)18/h10-11,16H,1-9H2,(H,17,18)/t11-/m1/s1. The molecule has 0 radical (unpaired) electrons. The third-order valence-electron chi connectivity index (χ3n) is 4.14. The Morgan fingerprint density at radius 3 is 2.42 bits per heavy atom. The Kier molecular flexibility index (Phi) is 4.63. The second-order valence-corrected chi connectivity index (χ2v) is 5.33. The summed E-state index contributed by atoms with van der Waals surface area (Å²) in [6.45, 7) is 0.727. The zero-order valence-corrected chi connectivity index (χ0v) is 11.1. The van der Waals surface area contributed by atoms with Crippen LogP contribution >= 0.6 is 0 Å². The minimum atomic E-state index is -0.929. The second-order valence-electron chi connectivity index (χ2n) is 5.33. The zero-order chi connectivity index (χ0) is 13.8. The van der Waals surface area contributed by atoms with Gasteiger partial charge in [-0.05, 0) is 25.7 Å². The highest BCUT2D eigenvalue weighted by molar-refractivity contribution is 5.83. The molecule has 19 heavy (non-hydrogen) atoms. The first-order valence-electron chi connectivity index (χ1n) is 7.06. The Hall–Kier alpha value is -1.30. The van der Waals surface area contributed by atoms with E-state index in [0.717, 1.165) is 32.1 Å². The summed E-state index contributed by atoms with van der Waals surface area (Å²) in [7, 11) is 0. The van der Waals surface area contributed by atoms with E-state index >= 15 is 0 Å². The van der Waals surface area contributed by atoms with E-state index in [9.17, 15) is 9.59 Å². The van der Waals surface area contributed by atoms with Crippen molar-refractivity contribution in [2.24, 2.45) is 0 Å². The van der Waals surface area contributed by atoms with Gasteiger partial charge in [0.15, 0.2) is 0 Å². The fraction of sp³-hybridized carbons (Fsp3) is 0.846. The molecule has 2 N–H and O–H groups in total. The summed E-state index contributed by atoms with van der Waals surface area (Å²) in [6, 6.07) is -0.754. The molecule has 108 valence electrons. The smallest absolute Gasteiger partial charge is 0.326 e. The summed E-state index contributed by atoms with van der Waals surface area (Å²) in [5.74, 6) is -0.929. The molecule has 0 unspecified atom stereocenters. The van der Waals surface area contributed by atoms with Crippen molar-refractivity contribution in [2.75, 3.05) is 19.7 Å². The monoisotopic (exact) mass is 270 g/mol. The SMILES string of the molecule is O=C(O)[C@H]1CCCN1C(=O)N(CCO)C1CCCC1. The summed E-state index contributed by atoms with van der Waals surface area (Å²) in [4.78, 5) is 26.8. The molecule has 2 rings (SSSR count). The van der Waals surface area contributed by atoms with Crippen LogP contribution in [0.1, 0.15) is 38.5 Å². The quantitative estimate of drug-likeness (QED) is 0.795. The second kappa shape index (κ2) is 6.23. The third-order valence-corrected chi connectivity index (χ3v) is 4.14. The van der Waals surface area contributed by atoms with E-state index in [0.29, 0.717) is 19.5 Å². The van der Waals surface area contributed by atoms with Gasteiger partial charge in [0.2, 0.25) is 0 Å². The highest BCUT2D eigenvalue weighted by Crippen LogP contribution is 2.26. The number of urea groups is 1. The Labute approximate surface area is 113 Å². The number of nitrogens with zero attached hydrogens (tertiary/aromatic N) is 2. The molecular weight excluding hydrogens is 248 g/mol. The van der Waals surface area contributed by atoms with Crippen molar-refractivity contribution >= 4 is 12.0 Å². The first-order valence-corrected chi connectivity index (χ1v) is 7.06. The summed E-state index contributed by atoms with van der Waals surface area (Å²) < 4.78 is 0. The van der Waals surface area contributed by atoms with Gasteiger partial charge < -0.3 is 20.0 Å². The number of hydrogen-bond donors (Lipinski definition) is 2. The number of aliphatic hydroxyl groups excluding tert-OH is 1. The summed E-state index contributed by atoms with van der Waals surface area (Å²) in [5, 5.41) is 18.3. The van der Waals surface area contributed by atoms with E-state index in [4.69, 9.17) is 10.2 Å². The topological polar surface area (TPSA) is 81.1 Å². The van der Waals surface area contributed by atoms with Gasteiger partial charge in [-0.25, -0.2) is 9.59 Å². The number of carboxylic acids is 1. The van der Waals surface area contributed by atoms with Gasteiger partial charge in [-0.2, -0.15) is 0 Å². The maximum absolute atomic E-state index is 12.5. The van der Waals surface area contributed by atoms with E-state index in [2.05, 4.69) is 0 Å². The van der Waals surface area contributed by atoms with Gasteiger partial charge in [0.1, 0.15) is 6.04 Å². The molecule has 2 amide bonds. The van der Waals surface area contributed by atoms with Crippen molar-refractivity contribution in [3.05, 3.63) is 0 Å². The highest BCUT2D eigenvalue weighted by atomic mass is 16.4. The van der Waals surface area contributed by atoms with Crippen molar-refractivity contribution in [3.8, 4) is 0 Å². The molecule has 1 heterocycles. The van der Waals surface area contributed by atoms with Crippen LogP contribution in [0.15, 0.2) is 0 Å². The van der Waals surface area contributed by atoms with E-state index in [-0.39, 0.29) is 18.7 Å². The van der Waals surface area contributed by atoms with Crippen molar-refractivity contribution in [1.29, 1.82) is 0 Å². The molecule has 1 aliphatic heterocycles. The normalized spacial score (nSPS) is 23.8. The molecule has 0 aromatic carbocycles. The predicted octanol–water partition coefficient (Wildman–Crippen LogP) is 0.892. The summed E-state index contributed by atoms with van der Waals surface area (Å²) in [5.41, 5.74) is 0. The van der Waals surface area contributed by atoms with Crippen LogP contribution in [0.4, 0.5) is 4.79 Å². The summed E-state index contributed by atoms with van der Waals surface area (Å²) >= 11 is 0. The largest absolute Gasteiger partial charge is 0.480 e. The van der Waals surface area contributed by atoms with Crippen molar-refractivity contribution in [1.82, 2.24) is 9.80 Å². The Morgan fingerprint density at radius 1 is 1.16 bits per heavy atom. The molecule has 0 aromatic heterocycles. The first kappa shape index (κ1) is 14.1. The average Bonchev–Trinajstić information content (AvgIpc) is 3.05. The molecule has 6 heteroatoms. The van der Waals surface area contributed by atoms with Crippen LogP contribution in [-0.4, -0.2) is 63.8 Å². The van der Waals surface area contributed by atoms with Gasteiger partial charge >= 0.3 is 12.0 Å². The van der Waals surface area contributed by atoms with Gasteiger partial charge in [-0.1, -0.05) is 12.8 Å². The number of aliphatic carboxylic acids is 1. The molecule has 2 aliphatic rings. The van der Waals surface area contributed by atoms with Crippen LogP contribution in [0.25, 0.3) is 0 Å². The van der Waals surface area contributed by atoms with Crippen LogP contribution in [0.5, 0.6) is 0 Å². The molecule has 1 aliphatic carbocycles. The first-order chi connectivity index (χ1) is 9.15. The average molecular weight is 270 g/mol. The maximum atomic E-state index is 12.5. The minimum absolute atomic E-state index is 0.0756. The number of hydrogen-bond acceptors (Lipinski definition) is 3. The van der Waals surface area contributed by atoms with Gasteiger partial charge in [0.05, 0.1) is 6.61 Å². The highest BCUT2D eigenvalue weighted by Gasteiger charge is 2.38. The number of aliphatic hydroxyl groups is 1. The van der Waals surface area contributed by atoms with Gasteiger partial charge in [0.25, 0.3) is 0 Å². The number of rotatable bonds is 4. The van der Waals surface area contributed by atoms with E-state index in [1.54, 1.807) is 4.90 Å². The summed E-state index contributed by atoms with van der Waals surface area (Å²) in [6.07, 6.45) is 5.37. The molecule has 1 saturated heterocycles.